The first-order chi connectivity index (χ1) is 9.50. The lowest BCUT2D eigenvalue weighted by molar-refractivity contribution is -0.137. The van der Waals surface area contributed by atoms with Crippen LogP contribution in [0.2, 0.25) is 0 Å². The van der Waals surface area contributed by atoms with Gasteiger partial charge in [-0.3, -0.25) is 21.2 Å². The van der Waals surface area contributed by atoms with E-state index >= 15 is 0 Å². The number of hydrogen-bond acceptors (Lipinski definition) is 4. The summed E-state index contributed by atoms with van der Waals surface area (Å²) in [6, 6.07) is 7.34. The molecule has 4 nitrogen and oxygen atoms in total. The van der Waals surface area contributed by atoms with Crippen molar-refractivity contribution in [2.24, 2.45) is 5.84 Å². The highest BCUT2D eigenvalue weighted by molar-refractivity contribution is 5.20. The van der Waals surface area contributed by atoms with Gasteiger partial charge in [-0.15, -0.1) is 0 Å². The second kappa shape index (κ2) is 5.98. The smallest absolute Gasteiger partial charge is 0.271 e. The van der Waals surface area contributed by atoms with Crippen molar-refractivity contribution >= 4 is 0 Å². The summed E-state index contributed by atoms with van der Waals surface area (Å²) in [4.78, 5) is 7.97. The highest BCUT2D eigenvalue weighted by atomic mass is 19.4. The average Bonchev–Trinajstić information content (AvgIpc) is 2.45. The fourth-order valence-corrected chi connectivity index (χ4v) is 1.76. The molecular formula is C13H13F3N4. The van der Waals surface area contributed by atoms with E-state index < -0.39 is 17.8 Å². The van der Waals surface area contributed by atoms with Gasteiger partial charge in [-0.05, 0) is 24.3 Å². The van der Waals surface area contributed by atoms with Crippen LogP contribution in [0.25, 0.3) is 0 Å². The number of rotatable bonds is 4. The number of nitrogens with one attached hydrogen (secondary N) is 1. The number of nitrogens with zero attached hydrogens (tertiary/aromatic N) is 2. The standard InChI is InChI=1S/C13H13F3N4/c14-13(15,16)9-4-5-11(19-8-9)12(20-17)7-10-3-1-2-6-18-10/h1-6,8,12,20H,7,17H2. The number of halogens is 3. The van der Waals surface area contributed by atoms with Gasteiger partial charge in [0.25, 0.3) is 0 Å². The predicted octanol–water partition coefficient (Wildman–Crippen LogP) is 2.24. The largest absolute Gasteiger partial charge is 0.417 e. The van der Waals surface area contributed by atoms with E-state index in [0.29, 0.717) is 12.1 Å². The molecule has 0 bridgehead atoms. The highest BCUT2D eigenvalue weighted by Crippen LogP contribution is 2.29. The number of hydrogen-bond donors (Lipinski definition) is 2. The normalized spacial score (nSPS) is 13.2. The molecule has 0 aliphatic heterocycles. The van der Waals surface area contributed by atoms with Crippen molar-refractivity contribution < 1.29 is 13.2 Å². The Morgan fingerprint density at radius 2 is 1.95 bits per heavy atom. The molecule has 1 atom stereocenters. The minimum Gasteiger partial charge on any atom is -0.271 e. The molecule has 0 amide bonds. The first-order valence-corrected chi connectivity index (χ1v) is 5.90. The Morgan fingerprint density at radius 1 is 1.15 bits per heavy atom. The topological polar surface area (TPSA) is 63.8 Å². The Labute approximate surface area is 113 Å². The van der Waals surface area contributed by atoms with Crippen LogP contribution >= 0.6 is 0 Å². The van der Waals surface area contributed by atoms with Crippen LogP contribution in [0.15, 0.2) is 42.7 Å². The summed E-state index contributed by atoms with van der Waals surface area (Å²) in [6.45, 7) is 0. The third-order valence-corrected chi connectivity index (χ3v) is 2.81. The van der Waals surface area contributed by atoms with Crippen LogP contribution in [0.1, 0.15) is 23.0 Å². The first kappa shape index (κ1) is 14.4. The summed E-state index contributed by atoms with van der Waals surface area (Å²) in [7, 11) is 0. The zero-order valence-electron chi connectivity index (χ0n) is 10.4. The first-order valence-electron chi connectivity index (χ1n) is 5.90. The van der Waals surface area contributed by atoms with Gasteiger partial charge in [0.1, 0.15) is 0 Å². The third kappa shape index (κ3) is 3.52. The second-order valence-electron chi connectivity index (χ2n) is 4.21. The van der Waals surface area contributed by atoms with E-state index in [1.807, 2.05) is 12.1 Å². The zero-order chi connectivity index (χ0) is 14.6. The summed E-state index contributed by atoms with van der Waals surface area (Å²) >= 11 is 0. The molecule has 0 aromatic carbocycles. The minimum atomic E-state index is -4.39. The van der Waals surface area contributed by atoms with Crippen molar-refractivity contribution in [2.45, 2.75) is 18.6 Å². The van der Waals surface area contributed by atoms with E-state index in [1.165, 1.54) is 6.07 Å². The maximum atomic E-state index is 12.5. The lowest BCUT2D eigenvalue weighted by Gasteiger charge is -2.15. The van der Waals surface area contributed by atoms with Crippen LogP contribution in [0, 0.1) is 0 Å². The van der Waals surface area contributed by atoms with E-state index in [4.69, 9.17) is 5.84 Å². The lowest BCUT2D eigenvalue weighted by Crippen LogP contribution is -2.30. The fraction of sp³-hybridized carbons (Fsp3) is 0.231. The van der Waals surface area contributed by atoms with E-state index in [1.54, 1.807) is 12.3 Å². The van der Waals surface area contributed by atoms with E-state index in [-0.39, 0.29) is 0 Å². The van der Waals surface area contributed by atoms with Gasteiger partial charge >= 0.3 is 6.18 Å². The molecule has 3 N–H and O–H groups in total. The van der Waals surface area contributed by atoms with E-state index in [2.05, 4.69) is 15.4 Å². The summed E-state index contributed by atoms with van der Waals surface area (Å²) in [6.07, 6.45) is -1.50. The van der Waals surface area contributed by atoms with Gasteiger partial charge < -0.3 is 0 Å². The van der Waals surface area contributed by atoms with Crippen LogP contribution in [0.3, 0.4) is 0 Å². The van der Waals surface area contributed by atoms with Crippen molar-refractivity contribution in [3.8, 4) is 0 Å². The molecule has 2 rings (SSSR count). The molecule has 106 valence electrons. The quantitative estimate of drug-likeness (QED) is 0.667. The lowest BCUT2D eigenvalue weighted by atomic mass is 10.1. The molecule has 7 heteroatoms. The molecular weight excluding hydrogens is 269 g/mol. The number of pyridine rings is 2. The van der Waals surface area contributed by atoms with E-state index in [0.717, 1.165) is 18.0 Å². The Bertz CT molecular complexity index is 540. The number of hydrazine groups is 1. The Balaban J connectivity index is 2.16. The summed E-state index contributed by atoms with van der Waals surface area (Å²) in [5.74, 6) is 5.44. The molecule has 0 fully saturated rings. The van der Waals surface area contributed by atoms with Crippen LogP contribution in [0.4, 0.5) is 13.2 Å². The molecule has 0 radical (unpaired) electrons. The minimum absolute atomic E-state index is 0.396. The van der Waals surface area contributed by atoms with E-state index in [9.17, 15) is 13.2 Å². The number of alkyl halides is 3. The molecule has 2 aromatic heterocycles. The Kier molecular flexibility index (Phi) is 4.31. The Hall–Kier alpha value is -1.99. The third-order valence-electron chi connectivity index (χ3n) is 2.81. The van der Waals surface area contributed by atoms with Gasteiger partial charge in [-0.1, -0.05) is 6.07 Å². The highest BCUT2D eigenvalue weighted by Gasteiger charge is 2.30. The number of nitrogens with two attached hydrogens (primary N) is 1. The summed E-state index contributed by atoms with van der Waals surface area (Å²) < 4.78 is 37.4. The maximum absolute atomic E-state index is 12.5. The van der Waals surface area contributed by atoms with Gasteiger partial charge in [0.2, 0.25) is 0 Å². The van der Waals surface area contributed by atoms with Gasteiger partial charge in [0.15, 0.2) is 0 Å². The van der Waals surface area contributed by atoms with Crippen molar-refractivity contribution in [1.29, 1.82) is 0 Å². The Morgan fingerprint density at radius 3 is 2.45 bits per heavy atom. The molecule has 0 spiro atoms. The van der Waals surface area contributed by atoms with Gasteiger partial charge in [0.05, 0.1) is 17.3 Å². The monoisotopic (exact) mass is 282 g/mol. The van der Waals surface area contributed by atoms with Gasteiger partial charge in [0, 0.05) is 24.5 Å². The molecule has 0 aliphatic rings. The maximum Gasteiger partial charge on any atom is 0.417 e. The molecule has 1 unspecified atom stereocenters. The van der Waals surface area contributed by atoms with Gasteiger partial charge in [-0.25, -0.2) is 0 Å². The van der Waals surface area contributed by atoms with Crippen LogP contribution in [-0.4, -0.2) is 9.97 Å². The molecule has 2 aromatic rings. The van der Waals surface area contributed by atoms with Gasteiger partial charge in [-0.2, -0.15) is 13.2 Å². The molecule has 20 heavy (non-hydrogen) atoms. The fourth-order valence-electron chi connectivity index (χ4n) is 1.76. The molecule has 0 saturated carbocycles. The summed E-state index contributed by atoms with van der Waals surface area (Å²) in [5.41, 5.74) is 2.97. The number of aromatic nitrogens is 2. The van der Waals surface area contributed by atoms with Crippen LogP contribution < -0.4 is 11.3 Å². The van der Waals surface area contributed by atoms with Crippen molar-refractivity contribution in [3.63, 3.8) is 0 Å². The molecule has 0 aliphatic carbocycles. The predicted molar refractivity (Wildman–Crippen MR) is 67.2 cm³/mol. The van der Waals surface area contributed by atoms with Crippen molar-refractivity contribution in [3.05, 3.63) is 59.7 Å². The average molecular weight is 282 g/mol. The van der Waals surface area contributed by atoms with Crippen LogP contribution in [0.5, 0.6) is 0 Å². The zero-order valence-corrected chi connectivity index (χ0v) is 10.4. The SMILES string of the molecule is NNC(Cc1ccccn1)c1ccc(C(F)(F)F)cn1. The van der Waals surface area contributed by atoms with Crippen molar-refractivity contribution in [1.82, 2.24) is 15.4 Å². The second-order valence-corrected chi connectivity index (χ2v) is 4.21. The summed E-state index contributed by atoms with van der Waals surface area (Å²) in [5, 5.41) is 0. The molecule has 2 heterocycles. The van der Waals surface area contributed by atoms with Crippen LogP contribution in [-0.2, 0) is 12.6 Å². The van der Waals surface area contributed by atoms with Crippen molar-refractivity contribution in [2.75, 3.05) is 0 Å². The molecule has 0 saturated heterocycles.